The van der Waals surface area contributed by atoms with Crippen LogP contribution in [0.5, 0.6) is 0 Å². The highest BCUT2D eigenvalue weighted by atomic mass is 16.5. The molecule has 1 aliphatic carbocycles. The van der Waals surface area contributed by atoms with Crippen molar-refractivity contribution in [2.45, 2.75) is 57.8 Å². The largest absolute Gasteiger partial charge is 0.377 e. The predicted octanol–water partition coefficient (Wildman–Crippen LogP) is 2.14. The van der Waals surface area contributed by atoms with Crippen LogP contribution in [0.4, 0.5) is 0 Å². The van der Waals surface area contributed by atoms with Gasteiger partial charge in [-0.3, -0.25) is 4.90 Å². The molecule has 4 nitrogen and oxygen atoms in total. The second-order valence-electron chi connectivity index (χ2n) is 6.78. The van der Waals surface area contributed by atoms with Crippen molar-refractivity contribution in [1.29, 1.82) is 0 Å². The number of ether oxygens (including phenoxy) is 2. The molecule has 1 saturated carbocycles. The first-order valence-corrected chi connectivity index (χ1v) is 8.73. The van der Waals surface area contributed by atoms with Gasteiger partial charge in [-0.1, -0.05) is 20.3 Å². The molecular formula is C17H34N2O2. The van der Waals surface area contributed by atoms with Crippen molar-refractivity contribution in [2.75, 3.05) is 40.4 Å². The normalized spacial score (nSPS) is 38.0. The van der Waals surface area contributed by atoms with Gasteiger partial charge in [0.2, 0.25) is 0 Å². The molecule has 1 heterocycles. The molecule has 4 heteroatoms. The minimum absolute atomic E-state index is 0.234. The van der Waals surface area contributed by atoms with E-state index in [9.17, 15) is 0 Å². The Labute approximate surface area is 130 Å². The van der Waals surface area contributed by atoms with Gasteiger partial charge in [0.15, 0.2) is 0 Å². The summed E-state index contributed by atoms with van der Waals surface area (Å²) in [7, 11) is 3.60. The summed E-state index contributed by atoms with van der Waals surface area (Å²) in [5.74, 6) is 1.70. The highest BCUT2D eigenvalue weighted by molar-refractivity contribution is 4.91. The van der Waals surface area contributed by atoms with E-state index in [2.05, 4.69) is 24.1 Å². The SMILES string of the molecule is CCNC1CCC(CC)CC1CN1CC(OC)C(OC)C1. The number of nitrogens with one attached hydrogen (secondary N) is 1. The van der Waals surface area contributed by atoms with Crippen LogP contribution >= 0.6 is 0 Å². The zero-order valence-corrected chi connectivity index (χ0v) is 14.3. The van der Waals surface area contributed by atoms with E-state index in [0.29, 0.717) is 6.04 Å². The summed E-state index contributed by atoms with van der Waals surface area (Å²) >= 11 is 0. The monoisotopic (exact) mass is 298 g/mol. The Morgan fingerprint density at radius 1 is 1.05 bits per heavy atom. The van der Waals surface area contributed by atoms with E-state index >= 15 is 0 Å². The minimum atomic E-state index is 0.234. The average molecular weight is 298 g/mol. The molecular weight excluding hydrogens is 264 g/mol. The topological polar surface area (TPSA) is 33.7 Å². The third-order valence-corrected chi connectivity index (χ3v) is 5.52. The van der Waals surface area contributed by atoms with Gasteiger partial charge in [-0.25, -0.2) is 0 Å². The molecule has 0 aromatic carbocycles. The lowest BCUT2D eigenvalue weighted by molar-refractivity contribution is -0.00461. The molecule has 124 valence electrons. The average Bonchev–Trinajstić information content (AvgIpc) is 2.91. The first-order chi connectivity index (χ1) is 10.2. The summed E-state index contributed by atoms with van der Waals surface area (Å²) in [6.07, 6.45) is 5.91. The summed E-state index contributed by atoms with van der Waals surface area (Å²) in [4.78, 5) is 2.55. The molecule has 21 heavy (non-hydrogen) atoms. The molecule has 2 aliphatic rings. The summed E-state index contributed by atoms with van der Waals surface area (Å²) in [5, 5.41) is 3.71. The van der Waals surface area contributed by atoms with Crippen LogP contribution in [0.15, 0.2) is 0 Å². The summed E-state index contributed by atoms with van der Waals surface area (Å²) in [5.41, 5.74) is 0. The maximum Gasteiger partial charge on any atom is 0.0971 e. The van der Waals surface area contributed by atoms with Gasteiger partial charge >= 0.3 is 0 Å². The van der Waals surface area contributed by atoms with Crippen LogP contribution in [0.3, 0.4) is 0 Å². The summed E-state index contributed by atoms with van der Waals surface area (Å²) < 4.78 is 11.1. The Bertz CT molecular complexity index is 289. The van der Waals surface area contributed by atoms with Gasteiger partial charge in [0, 0.05) is 39.9 Å². The molecule has 0 amide bonds. The summed E-state index contributed by atoms with van der Waals surface area (Å²) in [6, 6.07) is 0.695. The van der Waals surface area contributed by atoms with Crippen molar-refractivity contribution in [1.82, 2.24) is 10.2 Å². The Kier molecular flexibility index (Phi) is 6.93. The Hall–Kier alpha value is -0.160. The van der Waals surface area contributed by atoms with Crippen molar-refractivity contribution in [3.05, 3.63) is 0 Å². The Morgan fingerprint density at radius 3 is 2.24 bits per heavy atom. The second-order valence-corrected chi connectivity index (χ2v) is 6.78. The van der Waals surface area contributed by atoms with E-state index in [1.807, 2.05) is 0 Å². The molecule has 2 rings (SSSR count). The summed E-state index contributed by atoms with van der Waals surface area (Å²) in [6.45, 7) is 8.86. The lowest BCUT2D eigenvalue weighted by atomic mass is 9.76. The molecule has 0 aromatic rings. The number of likely N-dealkylation sites (tertiary alicyclic amines) is 1. The van der Waals surface area contributed by atoms with E-state index in [4.69, 9.17) is 9.47 Å². The molecule has 0 radical (unpaired) electrons. The van der Waals surface area contributed by atoms with Crippen LogP contribution in [-0.4, -0.2) is 63.5 Å². The maximum atomic E-state index is 5.57. The van der Waals surface area contributed by atoms with Crippen LogP contribution in [0.25, 0.3) is 0 Å². The highest BCUT2D eigenvalue weighted by Gasteiger charge is 2.36. The van der Waals surface area contributed by atoms with Crippen LogP contribution in [0.1, 0.15) is 39.5 Å². The lowest BCUT2D eigenvalue weighted by Gasteiger charge is -2.38. The maximum absolute atomic E-state index is 5.57. The van der Waals surface area contributed by atoms with E-state index < -0.39 is 0 Å². The van der Waals surface area contributed by atoms with E-state index in [0.717, 1.165) is 31.5 Å². The van der Waals surface area contributed by atoms with Gasteiger partial charge in [0.1, 0.15) is 0 Å². The number of hydrogen-bond acceptors (Lipinski definition) is 4. The smallest absolute Gasteiger partial charge is 0.0971 e. The molecule has 5 atom stereocenters. The molecule has 2 fully saturated rings. The van der Waals surface area contributed by atoms with Gasteiger partial charge in [-0.15, -0.1) is 0 Å². The van der Waals surface area contributed by atoms with E-state index in [1.54, 1.807) is 14.2 Å². The fraction of sp³-hybridized carbons (Fsp3) is 1.00. The van der Waals surface area contributed by atoms with Gasteiger partial charge in [-0.05, 0) is 37.6 Å². The molecule has 1 saturated heterocycles. The first-order valence-electron chi connectivity index (χ1n) is 8.73. The number of rotatable bonds is 7. The third-order valence-electron chi connectivity index (χ3n) is 5.52. The Balaban J connectivity index is 1.91. The van der Waals surface area contributed by atoms with Crippen molar-refractivity contribution in [3.8, 4) is 0 Å². The fourth-order valence-electron chi connectivity index (χ4n) is 4.22. The molecule has 0 spiro atoms. The molecule has 1 N–H and O–H groups in total. The van der Waals surface area contributed by atoms with Crippen molar-refractivity contribution in [2.24, 2.45) is 11.8 Å². The minimum Gasteiger partial charge on any atom is -0.377 e. The number of nitrogens with zero attached hydrogens (tertiary/aromatic N) is 1. The van der Waals surface area contributed by atoms with Gasteiger partial charge in [0.25, 0.3) is 0 Å². The molecule has 0 aromatic heterocycles. The standard InChI is InChI=1S/C17H34N2O2/c1-5-13-7-8-15(18-6-2)14(9-13)10-19-11-16(20-3)17(12-19)21-4/h13-18H,5-12H2,1-4H3. The second kappa shape index (κ2) is 8.47. The van der Waals surface area contributed by atoms with Crippen molar-refractivity contribution >= 4 is 0 Å². The van der Waals surface area contributed by atoms with E-state index in [1.165, 1.54) is 32.2 Å². The zero-order valence-electron chi connectivity index (χ0n) is 14.3. The lowest BCUT2D eigenvalue weighted by Crippen LogP contribution is -2.45. The van der Waals surface area contributed by atoms with Crippen molar-refractivity contribution < 1.29 is 9.47 Å². The van der Waals surface area contributed by atoms with Crippen LogP contribution < -0.4 is 5.32 Å². The molecule has 1 aliphatic heterocycles. The van der Waals surface area contributed by atoms with Crippen LogP contribution in [0.2, 0.25) is 0 Å². The van der Waals surface area contributed by atoms with Crippen molar-refractivity contribution in [3.63, 3.8) is 0 Å². The van der Waals surface area contributed by atoms with Gasteiger partial charge in [-0.2, -0.15) is 0 Å². The van der Waals surface area contributed by atoms with Gasteiger partial charge in [0.05, 0.1) is 12.2 Å². The first kappa shape index (κ1) is 17.2. The Morgan fingerprint density at radius 2 is 1.71 bits per heavy atom. The van der Waals surface area contributed by atoms with E-state index in [-0.39, 0.29) is 12.2 Å². The quantitative estimate of drug-likeness (QED) is 0.781. The zero-order chi connectivity index (χ0) is 15.2. The third kappa shape index (κ3) is 4.41. The number of hydrogen-bond donors (Lipinski definition) is 1. The van der Waals surface area contributed by atoms with Gasteiger partial charge < -0.3 is 14.8 Å². The predicted molar refractivity (Wildman–Crippen MR) is 86.6 cm³/mol. The van der Waals surface area contributed by atoms with Crippen LogP contribution in [0, 0.1) is 11.8 Å². The molecule has 5 unspecified atom stereocenters. The van der Waals surface area contributed by atoms with Crippen LogP contribution in [-0.2, 0) is 9.47 Å². The highest BCUT2D eigenvalue weighted by Crippen LogP contribution is 2.32. The fourth-order valence-corrected chi connectivity index (χ4v) is 4.22. The number of methoxy groups -OCH3 is 2. The molecule has 0 bridgehead atoms.